The van der Waals surface area contributed by atoms with Gasteiger partial charge in [-0.1, -0.05) is 35.9 Å². The van der Waals surface area contributed by atoms with Crippen LogP contribution in [0.15, 0.2) is 35.7 Å². The van der Waals surface area contributed by atoms with E-state index in [2.05, 4.69) is 56.5 Å². The minimum Gasteiger partial charge on any atom is -0.127 e. The van der Waals surface area contributed by atoms with Gasteiger partial charge in [0, 0.05) is 5.25 Å². The molecular weight excluding hydrogens is 176 g/mol. The number of benzene rings is 1. The van der Waals surface area contributed by atoms with Gasteiger partial charge in [-0.2, -0.15) is 0 Å². The zero-order valence-corrected chi connectivity index (χ0v) is 9.27. The summed E-state index contributed by atoms with van der Waals surface area (Å²) in [5.41, 5.74) is 2.74. The average molecular weight is 192 g/mol. The SMILES string of the molecule is C/C=C\SC(C)c1cccc(C)c1. The van der Waals surface area contributed by atoms with Crippen molar-refractivity contribution in [2.24, 2.45) is 0 Å². The van der Waals surface area contributed by atoms with Crippen molar-refractivity contribution in [3.63, 3.8) is 0 Å². The summed E-state index contributed by atoms with van der Waals surface area (Å²) in [6.45, 7) is 6.42. The summed E-state index contributed by atoms with van der Waals surface area (Å²) in [5, 5.41) is 2.70. The molecule has 1 aromatic rings. The Morgan fingerprint density at radius 3 is 2.77 bits per heavy atom. The van der Waals surface area contributed by atoms with Crippen molar-refractivity contribution < 1.29 is 0 Å². The third-order valence-corrected chi connectivity index (χ3v) is 3.04. The summed E-state index contributed by atoms with van der Waals surface area (Å²) in [7, 11) is 0. The largest absolute Gasteiger partial charge is 0.127 e. The predicted molar refractivity (Wildman–Crippen MR) is 62.0 cm³/mol. The molecule has 0 aliphatic carbocycles. The Balaban J connectivity index is 2.70. The van der Waals surface area contributed by atoms with E-state index in [4.69, 9.17) is 0 Å². The Morgan fingerprint density at radius 2 is 2.15 bits per heavy atom. The van der Waals surface area contributed by atoms with E-state index >= 15 is 0 Å². The van der Waals surface area contributed by atoms with Gasteiger partial charge in [-0.25, -0.2) is 0 Å². The molecule has 0 saturated carbocycles. The van der Waals surface area contributed by atoms with Crippen LogP contribution in [-0.2, 0) is 0 Å². The molecule has 0 fully saturated rings. The zero-order chi connectivity index (χ0) is 9.68. The van der Waals surface area contributed by atoms with E-state index in [1.165, 1.54) is 11.1 Å². The van der Waals surface area contributed by atoms with Gasteiger partial charge in [0.15, 0.2) is 0 Å². The quantitative estimate of drug-likeness (QED) is 0.687. The van der Waals surface area contributed by atoms with E-state index in [0.717, 1.165) is 0 Å². The lowest BCUT2D eigenvalue weighted by Gasteiger charge is -2.08. The van der Waals surface area contributed by atoms with Crippen LogP contribution in [0.25, 0.3) is 0 Å². The second kappa shape index (κ2) is 5.13. The van der Waals surface area contributed by atoms with E-state index in [0.29, 0.717) is 5.25 Å². The molecule has 0 spiro atoms. The summed E-state index contributed by atoms with van der Waals surface area (Å²) in [5.74, 6) is 0. The van der Waals surface area contributed by atoms with Crippen LogP contribution in [0, 0.1) is 6.92 Å². The van der Waals surface area contributed by atoms with E-state index in [1.54, 1.807) is 0 Å². The fourth-order valence-corrected chi connectivity index (χ4v) is 1.89. The number of thioether (sulfide) groups is 1. The topological polar surface area (TPSA) is 0 Å². The van der Waals surface area contributed by atoms with Crippen molar-refractivity contribution in [2.45, 2.75) is 26.0 Å². The summed E-state index contributed by atoms with van der Waals surface area (Å²) in [6, 6.07) is 8.70. The van der Waals surface area contributed by atoms with Crippen LogP contribution >= 0.6 is 11.8 Å². The minimum atomic E-state index is 0.552. The van der Waals surface area contributed by atoms with Gasteiger partial charge in [-0.3, -0.25) is 0 Å². The third kappa shape index (κ3) is 3.27. The highest BCUT2D eigenvalue weighted by molar-refractivity contribution is 8.02. The molecule has 70 valence electrons. The lowest BCUT2D eigenvalue weighted by molar-refractivity contribution is 1.10. The Hall–Kier alpha value is -0.690. The standard InChI is InChI=1S/C12H16S/c1-4-8-13-11(3)12-7-5-6-10(2)9-12/h4-9,11H,1-3H3/b8-4-. The van der Waals surface area contributed by atoms with E-state index in [-0.39, 0.29) is 0 Å². The van der Waals surface area contributed by atoms with Crippen molar-refractivity contribution in [1.29, 1.82) is 0 Å². The number of hydrogen-bond acceptors (Lipinski definition) is 1. The molecule has 1 rings (SSSR count). The fraction of sp³-hybridized carbons (Fsp3) is 0.333. The first-order valence-corrected chi connectivity index (χ1v) is 5.51. The van der Waals surface area contributed by atoms with Gasteiger partial charge < -0.3 is 0 Å². The molecule has 0 saturated heterocycles. The molecule has 0 aromatic heterocycles. The Labute approximate surface area is 85.1 Å². The number of rotatable bonds is 3. The van der Waals surface area contributed by atoms with Gasteiger partial charge in [0.1, 0.15) is 0 Å². The van der Waals surface area contributed by atoms with Gasteiger partial charge in [-0.15, -0.1) is 11.8 Å². The first-order chi connectivity index (χ1) is 6.24. The van der Waals surface area contributed by atoms with Crippen LogP contribution in [0.1, 0.15) is 30.2 Å². The number of allylic oxidation sites excluding steroid dienone is 1. The molecule has 0 nitrogen and oxygen atoms in total. The maximum Gasteiger partial charge on any atom is 0.0310 e. The van der Waals surface area contributed by atoms with Crippen molar-refractivity contribution in [3.05, 3.63) is 46.9 Å². The zero-order valence-electron chi connectivity index (χ0n) is 8.45. The molecule has 0 N–H and O–H groups in total. The summed E-state index contributed by atoms with van der Waals surface area (Å²) in [6.07, 6.45) is 2.08. The van der Waals surface area contributed by atoms with Gasteiger partial charge in [0.05, 0.1) is 0 Å². The van der Waals surface area contributed by atoms with Crippen molar-refractivity contribution >= 4 is 11.8 Å². The monoisotopic (exact) mass is 192 g/mol. The molecule has 1 heteroatoms. The molecule has 0 amide bonds. The molecule has 0 aliphatic rings. The number of aryl methyl sites for hydroxylation is 1. The molecule has 0 bridgehead atoms. The Kier molecular flexibility index (Phi) is 4.10. The third-order valence-electron chi connectivity index (χ3n) is 1.93. The van der Waals surface area contributed by atoms with Crippen molar-refractivity contribution in [2.75, 3.05) is 0 Å². The first kappa shape index (κ1) is 10.4. The van der Waals surface area contributed by atoms with Gasteiger partial charge in [0.2, 0.25) is 0 Å². The molecule has 1 atom stereocenters. The maximum atomic E-state index is 2.25. The second-order valence-electron chi connectivity index (χ2n) is 3.16. The average Bonchev–Trinajstić information content (AvgIpc) is 2.14. The highest BCUT2D eigenvalue weighted by atomic mass is 32.2. The minimum absolute atomic E-state index is 0.552. The van der Waals surface area contributed by atoms with Crippen molar-refractivity contribution in [1.82, 2.24) is 0 Å². The van der Waals surface area contributed by atoms with Gasteiger partial charge in [0.25, 0.3) is 0 Å². The summed E-state index contributed by atoms with van der Waals surface area (Å²) < 4.78 is 0. The molecule has 0 aliphatic heterocycles. The lowest BCUT2D eigenvalue weighted by atomic mass is 10.1. The molecular formula is C12H16S. The smallest absolute Gasteiger partial charge is 0.0310 e. The van der Waals surface area contributed by atoms with E-state index in [1.807, 2.05) is 11.8 Å². The molecule has 13 heavy (non-hydrogen) atoms. The van der Waals surface area contributed by atoms with Crippen molar-refractivity contribution in [3.8, 4) is 0 Å². The van der Waals surface area contributed by atoms with Crippen LogP contribution < -0.4 is 0 Å². The highest BCUT2D eigenvalue weighted by Crippen LogP contribution is 2.29. The molecule has 0 heterocycles. The Bertz CT molecular complexity index is 289. The fourth-order valence-electron chi connectivity index (χ4n) is 1.20. The Morgan fingerprint density at radius 1 is 1.38 bits per heavy atom. The van der Waals surface area contributed by atoms with Crippen LogP contribution in [0.2, 0.25) is 0 Å². The highest BCUT2D eigenvalue weighted by Gasteiger charge is 2.02. The van der Waals surface area contributed by atoms with Crippen LogP contribution in [-0.4, -0.2) is 0 Å². The molecule has 0 radical (unpaired) electrons. The summed E-state index contributed by atoms with van der Waals surface area (Å²) >= 11 is 1.86. The van der Waals surface area contributed by atoms with E-state index < -0.39 is 0 Å². The number of hydrogen-bond donors (Lipinski definition) is 0. The van der Waals surface area contributed by atoms with Gasteiger partial charge >= 0.3 is 0 Å². The first-order valence-electron chi connectivity index (χ1n) is 4.57. The van der Waals surface area contributed by atoms with Crippen LogP contribution in [0.4, 0.5) is 0 Å². The lowest BCUT2D eigenvalue weighted by Crippen LogP contribution is -1.86. The normalized spacial score (nSPS) is 13.5. The molecule has 1 unspecified atom stereocenters. The summed E-state index contributed by atoms with van der Waals surface area (Å²) in [4.78, 5) is 0. The maximum absolute atomic E-state index is 2.25. The second-order valence-corrected chi connectivity index (χ2v) is 4.41. The molecule has 1 aromatic carbocycles. The predicted octanol–water partition coefficient (Wildman–Crippen LogP) is 4.32. The van der Waals surface area contributed by atoms with Crippen LogP contribution in [0.3, 0.4) is 0 Å². The van der Waals surface area contributed by atoms with Crippen LogP contribution in [0.5, 0.6) is 0 Å². The van der Waals surface area contributed by atoms with E-state index in [9.17, 15) is 0 Å². The van der Waals surface area contributed by atoms with Gasteiger partial charge in [-0.05, 0) is 31.7 Å².